The fourth-order valence-electron chi connectivity index (χ4n) is 3.86. The van der Waals surface area contributed by atoms with E-state index in [1.165, 1.54) is 0 Å². The van der Waals surface area contributed by atoms with Crippen molar-refractivity contribution in [3.63, 3.8) is 0 Å². The summed E-state index contributed by atoms with van der Waals surface area (Å²) in [5.74, 6) is -0.339. The third-order valence-corrected chi connectivity index (χ3v) is 5.71. The maximum absolute atomic E-state index is 13.3. The second-order valence-corrected chi connectivity index (χ2v) is 9.57. The van der Waals surface area contributed by atoms with Crippen LogP contribution in [0.15, 0.2) is 89.4 Å². The number of halogens is 1. The molecule has 0 aliphatic carbocycles. The molecule has 3 aromatic carbocycles. The molecule has 1 aliphatic rings. The Kier molecular flexibility index (Phi) is 6.02. The highest BCUT2D eigenvalue weighted by atomic mass is 79.9. The molecule has 4 nitrogen and oxygen atoms in total. The van der Waals surface area contributed by atoms with E-state index in [4.69, 9.17) is 9.47 Å². The molecule has 0 unspecified atom stereocenters. The number of carbonyl (C=O) groups excluding carboxylic acids is 1. The van der Waals surface area contributed by atoms with Crippen LogP contribution in [0.5, 0.6) is 0 Å². The van der Waals surface area contributed by atoms with Crippen molar-refractivity contribution >= 4 is 21.9 Å². The number of hydrogen-bond acceptors (Lipinski definition) is 4. The first-order chi connectivity index (χ1) is 14.8. The van der Waals surface area contributed by atoms with E-state index in [-0.39, 0.29) is 5.97 Å². The van der Waals surface area contributed by atoms with Crippen molar-refractivity contribution in [2.75, 3.05) is 0 Å². The van der Waals surface area contributed by atoms with Crippen LogP contribution in [0.3, 0.4) is 0 Å². The Bertz CT molecular complexity index is 990. The van der Waals surface area contributed by atoms with Gasteiger partial charge in [0.2, 0.25) is 0 Å². The van der Waals surface area contributed by atoms with Gasteiger partial charge in [-0.25, -0.2) is 0 Å². The minimum Gasteiger partial charge on any atom is -0.459 e. The second kappa shape index (κ2) is 8.58. The fourth-order valence-corrected chi connectivity index (χ4v) is 4.13. The van der Waals surface area contributed by atoms with Crippen LogP contribution < -0.4 is 5.32 Å². The molecule has 5 heteroatoms. The zero-order valence-corrected chi connectivity index (χ0v) is 19.4. The molecule has 0 bridgehead atoms. The van der Waals surface area contributed by atoms with E-state index in [0.717, 1.165) is 21.2 Å². The lowest BCUT2D eigenvalue weighted by atomic mass is 9.94. The summed E-state index contributed by atoms with van der Waals surface area (Å²) >= 11 is 3.49. The molecule has 4 rings (SSSR count). The van der Waals surface area contributed by atoms with Crippen LogP contribution in [0.4, 0.5) is 0 Å². The third-order valence-electron chi connectivity index (χ3n) is 5.19. The maximum Gasteiger partial charge on any atom is 0.326 e. The van der Waals surface area contributed by atoms with Crippen LogP contribution >= 0.6 is 15.9 Å². The Hall–Kier alpha value is -2.47. The molecule has 1 aliphatic heterocycles. The lowest BCUT2D eigenvalue weighted by molar-refractivity contribution is -0.158. The second-order valence-electron chi connectivity index (χ2n) is 8.66. The average molecular weight is 480 g/mol. The molecular formula is C26H26BrNO3. The van der Waals surface area contributed by atoms with E-state index in [1.807, 2.05) is 106 Å². The summed E-state index contributed by atoms with van der Waals surface area (Å²) in [7, 11) is 0. The van der Waals surface area contributed by atoms with E-state index in [1.54, 1.807) is 0 Å². The Labute approximate surface area is 191 Å². The minimum atomic E-state index is -0.984. The zero-order chi connectivity index (χ0) is 22.1. The predicted octanol–water partition coefficient (Wildman–Crippen LogP) is 5.72. The largest absolute Gasteiger partial charge is 0.459 e. The van der Waals surface area contributed by atoms with Gasteiger partial charge in [-0.2, -0.15) is 0 Å². The lowest BCUT2D eigenvalue weighted by Crippen LogP contribution is -2.47. The summed E-state index contributed by atoms with van der Waals surface area (Å²) in [5, 5.41) is 3.51. The van der Waals surface area contributed by atoms with Gasteiger partial charge in [-0.1, -0.05) is 88.7 Å². The van der Waals surface area contributed by atoms with Crippen molar-refractivity contribution in [2.45, 2.75) is 44.2 Å². The first-order valence-corrected chi connectivity index (χ1v) is 11.1. The number of benzene rings is 3. The highest BCUT2D eigenvalue weighted by Gasteiger charge is 2.52. The van der Waals surface area contributed by atoms with Gasteiger partial charge in [0.15, 0.2) is 5.72 Å². The molecule has 1 N–H and O–H groups in total. The van der Waals surface area contributed by atoms with Crippen LogP contribution in [0.2, 0.25) is 0 Å². The molecule has 0 radical (unpaired) electrons. The number of carbonyl (C=O) groups is 1. The molecule has 1 fully saturated rings. The van der Waals surface area contributed by atoms with Gasteiger partial charge in [0, 0.05) is 15.6 Å². The zero-order valence-electron chi connectivity index (χ0n) is 17.8. The fraction of sp³-hybridized carbons (Fsp3) is 0.269. The molecule has 1 saturated heterocycles. The summed E-state index contributed by atoms with van der Waals surface area (Å²) < 4.78 is 13.5. The van der Waals surface area contributed by atoms with Crippen molar-refractivity contribution in [1.29, 1.82) is 0 Å². The molecule has 3 aromatic rings. The summed E-state index contributed by atoms with van der Waals surface area (Å²) in [6.45, 7) is 5.62. The number of ether oxygens (including phenoxy) is 2. The third kappa shape index (κ3) is 4.59. The van der Waals surface area contributed by atoms with Crippen LogP contribution in [0.1, 0.15) is 43.6 Å². The smallest absolute Gasteiger partial charge is 0.326 e. The first-order valence-electron chi connectivity index (χ1n) is 10.3. The lowest BCUT2D eigenvalue weighted by Gasteiger charge is -2.31. The Morgan fingerprint density at radius 2 is 1.42 bits per heavy atom. The van der Waals surface area contributed by atoms with E-state index in [0.29, 0.717) is 0 Å². The van der Waals surface area contributed by atoms with Crippen molar-refractivity contribution < 1.29 is 14.3 Å². The molecule has 0 amide bonds. The van der Waals surface area contributed by atoms with Gasteiger partial charge in [0.25, 0.3) is 0 Å². The summed E-state index contributed by atoms with van der Waals surface area (Å²) in [6, 6.07) is 27.0. The van der Waals surface area contributed by atoms with Crippen molar-refractivity contribution in [1.82, 2.24) is 5.32 Å². The van der Waals surface area contributed by atoms with Gasteiger partial charge in [-0.05, 0) is 38.5 Å². The van der Waals surface area contributed by atoms with Crippen LogP contribution in [-0.2, 0) is 20.0 Å². The van der Waals surface area contributed by atoms with E-state index >= 15 is 0 Å². The highest BCUT2D eigenvalue weighted by molar-refractivity contribution is 9.10. The molecule has 2 atom stereocenters. The quantitative estimate of drug-likeness (QED) is 0.486. The molecule has 0 aromatic heterocycles. The number of hydrogen-bond donors (Lipinski definition) is 1. The summed E-state index contributed by atoms with van der Waals surface area (Å²) in [4.78, 5) is 13.3. The molecule has 0 saturated carbocycles. The summed E-state index contributed by atoms with van der Waals surface area (Å²) in [6.07, 6.45) is -0.525. The van der Waals surface area contributed by atoms with E-state index < -0.39 is 23.5 Å². The van der Waals surface area contributed by atoms with Crippen LogP contribution in [0, 0.1) is 0 Å². The Morgan fingerprint density at radius 1 is 0.903 bits per heavy atom. The van der Waals surface area contributed by atoms with Gasteiger partial charge in [-0.15, -0.1) is 0 Å². The molecule has 0 spiro atoms. The molecule has 31 heavy (non-hydrogen) atoms. The molecule has 160 valence electrons. The SMILES string of the molecule is CC(C)(C)OC(=O)[C@H]1NC(c2ccccc2)(c2ccccc2)O[C@@H]1c1ccc(Br)cc1. The van der Waals surface area contributed by atoms with Gasteiger partial charge >= 0.3 is 5.97 Å². The van der Waals surface area contributed by atoms with Gasteiger partial charge in [0.1, 0.15) is 17.7 Å². The highest BCUT2D eigenvalue weighted by Crippen LogP contribution is 2.44. The molecule has 1 heterocycles. The number of esters is 1. The predicted molar refractivity (Wildman–Crippen MR) is 124 cm³/mol. The van der Waals surface area contributed by atoms with Gasteiger partial charge in [-0.3, -0.25) is 10.1 Å². The van der Waals surface area contributed by atoms with Crippen molar-refractivity contribution in [2.24, 2.45) is 0 Å². The van der Waals surface area contributed by atoms with Crippen LogP contribution in [0.25, 0.3) is 0 Å². The maximum atomic E-state index is 13.3. The average Bonchev–Trinajstić information content (AvgIpc) is 3.17. The number of nitrogens with one attached hydrogen (secondary N) is 1. The van der Waals surface area contributed by atoms with Crippen molar-refractivity contribution in [3.05, 3.63) is 106 Å². The van der Waals surface area contributed by atoms with Gasteiger partial charge < -0.3 is 9.47 Å². The minimum absolute atomic E-state index is 0.339. The van der Waals surface area contributed by atoms with Crippen LogP contribution in [-0.4, -0.2) is 17.6 Å². The first kappa shape index (κ1) is 21.8. The standard InChI is InChI=1S/C26H26BrNO3/c1-25(2,3)31-24(29)22-23(18-14-16-21(27)17-15-18)30-26(28-22,19-10-6-4-7-11-19)20-12-8-5-9-13-20/h4-17,22-23,28H,1-3H3/t22-,23+/m0/s1. The summed E-state index contributed by atoms with van der Waals surface area (Å²) in [5.41, 5.74) is 1.17. The van der Waals surface area contributed by atoms with E-state index in [2.05, 4.69) is 21.2 Å². The molecular weight excluding hydrogens is 454 g/mol. The monoisotopic (exact) mass is 479 g/mol. The van der Waals surface area contributed by atoms with Gasteiger partial charge in [0.05, 0.1) is 0 Å². The van der Waals surface area contributed by atoms with E-state index in [9.17, 15) is 4.79 Å². The van der Waals surface area contributed by atoms with Crippen molar-refractivity contribution in [3.8, 4) is 0 Å². The number of rotatable bonds is 4. The normalized spacial score (nSPS) is 20.4. The topological polar surface area (TPSA) is 47.6 Å². The Morgan fingerprint density at radius 3 is 1.90 bits per heavy atom. The Balaban J connectivity index is 1.83.